The van der Waals surface area contributed by atoms with E-state index < -0.39 is 9.84 Å². The standard InChI is InChI=1S/C17H25NO3S/c1-3-16-9-4-5-10-18(16)17(19)13-22(20,21)12-15-8-6-7-14(2)11-15/h6-8,11,16H,3-5,9-10,12-13H2,1-2H3. The predicted molar refractivity (Wildman–Crippen MR) is 88.3 cm³/mol. The summed E-state index contributed by atoms with van der Waals surface area (Å²) in [6, 6.07) is 7.64. The highest BCUT2D eigenvalue weighted by Gasteiger charge is 2.28. The molecule has 2 rings (SSSR count). The van der Waals surface area contributed by atoms with Gasteiger partial charge >= 0.3 is 0 Å². The molecular weight excluding hydrogens is 298 g/mol. The van der Waals surface area contributed by atoms with Gasteiger partial charge in [0.15, 0.2) is 9.84 Å². The predicted octanol–water partition coefficient (Wildman–Crippen LogP) is 2.70. The number of nitrogens with zero attached hydrogens (tertiary/aromatic N) is 1. The molecule has 1 aliphatic rings. The Hall–Kier alpha value is -1.36. The van der Waals surface area contributed by atoms with Crippen molar-refractivity contribution in [2.75, 3.05) is 12.3 Å². The highest BCUT2D eigenvalue weighted by Crippen LogP contribution is 2.20. The van der Waals surface area contributed by atoms with Gasteiger partial charge in [-0.15, -0.1) is 0 Å². The summed E-state index contributed by atoms with van der Waals surface area (Å²) >= 11 is 0. The summed E-state index contributed by atoms with van der Waals surface area (Å²) in [6.45, 7) is 4.68. The molecule has 1 amide bonds. The van der Waals surface area contributed by atoms with Crippen LogP contribution in [0, 0.1) is 6.92 Å². The molecule has 5 heteroatoms. The van der Waals surface area contributed by atoms with E-state index in [0.717, 1.165) is 36.8 Å². The van der Waals surface area contributed by atoms with Gasteiger partial charge in [0.1, 0.15) is 5.75 Å². The molecule has 0 bridgehead atoms. The maximum Gasteiger partial charge on any atom is 0.238 e. The Kier molecular flexibility index (Phi) is 5.62. The third kappa shape index (κ3) is 4.57. The van der Waals surface area contributed by atoms with Crippen LogP contribution < -0.4 is 0 Å². The van der Waals surface area contributed by atoms with E-state index in [-0.39, 0.29) is 23.5 Å². The van der Waals surface area contributed by atoms with E-state index >= 15 is 0 Å². The van der Waals surface area contributed by atoms with E-state index in [9.17, 15) is 13.2 Å². The Labute approximate surface area is 133 Å². The van der Waals surface area contributed by atoms with Crippen molar-refractivity contribution in [3.63, 3.8) is 0 Å². The van der Waals surface area contributed by atoms with E-state index in [1.165, 1.54) is 0 Å². The van der Waals surface area contributed by atoms with Gasteiger partial charge in [0.2, 0.25) is 5.91 Å². The number of carbonyl (C=O) groups is 1. The Bertz CT molecular complexity index is 625. The molecule has 1 unspecified atom stereocenters. The molecule has 1 aromatic carbocycles. The van der Waals surface area contributed by atoms with Crippen LogP contribution in [0.5, 0.6) is 0 Å². The first-order valence-electron chi connectivity index (χ1n) is 7.96. The molecule has 0 aromatic heterocycles. The van der Waals surface area contributed by atoms with Crippen molar-refractivity contribution >= 4 is 15.7 Å². The molecule has 22 heavy (non-hydrogen) atoms. The van der Waals surface area contributed by atoms with Crippen LogP contribution in [0.3, 0.4) is 0 Å². The summed E-state index contributed by atoms with van der Waals surface area (Å²) in [5.41, 5.74) is 1.78. The lowest BCUT2D eigenvalue weighted by molar-refractivity contribution is -0.132. The second-order valence-electron chi connectivity index (χ2n) is 6.17. The lowest BCUT2D eigenvalue weighted by Gasteiger charge is -2.35. The zero-order chi connectivity index (χ0) is 16.2. The van der Waals surface area contributed by atoms with Crippen LogP contribution in [-0.4, -0.2) is 37.6 Å². The smallest absolute Gasteiger partial charge is 0.238 e. The minimum absolute atomic E-state index is 0.0644. The maximum atomic E-state index is 12.4. The van der Waals surface area contributed by atoms with Crippen LogP contribution in [0.1, 0.15) is 43.7 Å². The Morgan fingerprint density at radius 1 is 1.32 bits per heavy atom. The number of amides is 1. The molecule has 1 fully saturated rings. The number of hydrogen-bond acceptors (Lipinski definition) is 3. The topological polar surface area (TPSA) is 54.5 Å². The van der Waals surface area contributed by atoms with Crippen LogP contribution >= 0.6 is 0 Å². The third-order valence-electron chi connectivity index (χ3n) is 4.23. The molecule has 1 saturated heterocycles. The van der Waals surface area contributed by atoms with Gasteiger partial charge in [-0.05, 0) is 38.2 Å². The van der Waals surface area contributed by atoms with Gasteiger partial charge in [0, 0.05) is 12.6 Å². The fourth-order valence-corrected chi connectivity index (χ4v) is 4.46. The van der Waals surface area contributed by atoms with Gasteiger partial charge in [-0.3, -0.25) is 4.79 Å². The average molecular weight is 323 g/mol. The summed E-state index contributed by atoms with van der Waals surface area (Å²) < 4.78 is 24.6. The monoisotopic (exact) mass is 323 g/mol. The van der Waals surface area contributed by atoms with Crippen molar-refractivity contribution in [3.8, 4) is 0 Å². The van der Waals surface area contributed by atoms with E-state index in [0.29, 0.717) is 6.54 Å². The zero-order valence-electron chi connectivity index (χ0n) is 13.4. The van der Waals surface area contributed by atoms with Crippen molar-refractivity contribution in [2.24, 2.45) is 0 Å². The normalized spacial score (nSPS) is 19.2. The Morgan fingerprint density at radius 2 is 2.09 bits per heavy atom. The molecular formula is C17H25NO3S. The maximum absolute atomic E-state index is 12.4. The molecule has 0 spiro atoms. The number of rotatable bonds is 5. The summed E-state index contributed by atoms with van der Waals surface area (Å²) in [6.07, 6.45) is 3.97. The second kappa shape index (κ2) is 7.27. The van der Waals surface area contributed by atoms with Gasteiger partial charge in [-0.1, -0.05) is 36.8 Å². The van der Waals surface area contributed by atoms with Crippen LogP contribution in [0.25, 0.3) is 0 Å². The van der Waals surface area contributed by atoms with Crippen LogP contribution in [0.4, 0.5) is 0 Å². The summed E-state index contributed by atoms with van der Waals surface area (Å²) in [7, 11) is -3.42. The molecule has 0 radical (unpaired) electrons. The van der Waals surface area contributed by atoms with Crippen LogP contribution in [-0.2, 0) is 20.4 Å². The van der Waals surface area contributed by atoms with Crippen molar-refractivity contribution in [1.29, 1.82) is 0 Å². The van der Waals surface area contributed by atoms with Crippen LogP contribution in [0.15, 0.2) is 24.3 Å². The minimum Gasteiger partial charge on any atom is -0.339 e. The first-order chi connectivity index (χ1) is 10.4. The number of hydrogen-bond donors (Lipinski definition) is 0. The van der Waals surface area contributed by atoms with E-state index in [1.807, 2.05) is 25.1 Å². The summed E-state index contributed by atoms with van der Waals surface area (Å²) in [4.78, 5) is 14.2. The highest BCUT2D eigenvalue weighted by molar-refractivity contribution is 7.91. The number of sulfone groups is 1. The molecule has 1 atom stereocenters. The largest absolute Gasteiger partial charge is 0.339 e. The number of benzene rings is 1. The van der Waals surface area contributed by atoms with Gasteiger partial charge in [-0.25, -0.2) is 8.42 Å². The lowest BCUT2D eigenvalue weighted by atomic mass is 10.0. The highest BCUT2D eigenvalue weighted by atomic mass is 32.2. The number of piperidine rings is 1. The molecule has 1 aromatic rings. The molecule has 4 nitrogen and oxygen atoms in total. The van der Waals surface area contributed by atoms with E-state index in [4.69, 9.17) is 0 Å². The van der Waals surface area contributed by atoms with Crippen LogP contribution in [0.2, 0.25) is 0 Å². The molecule has 0 saturated carbocycles. The van der Waals surface area contributed by atoms with Crippen molar-refractivity contribution in [3.05, 3.63) is 35.4 Å². The van der Waals surface area contributed by atoms with Gasteiger partial charge in [0.25, 0.3) is 0 Å². The first kappa shape index (κ1) is 17.0. The molecule has 122 valence electrons. The van der Waals surface area contributed by atoms with Gasteiger partial charge in [-0.2, -0.15) is 0 Å². The average Bonchev–Trinajstić information content (AvgIpc) is 2.46. The van der Waals surface area contributed by atoms with E-state index in [2.05, 4.69) is 6.92 Å². The summed E-state index contributed by atoms with van der Waals surface area (Å²) in [5, 5.41) is 0. The molecule has 1 aliphatic heterocycles. The Morgan fingerprint density at radius 3 is 2.77 bits per heavy atom. The lowest BCUT2D eigenvalue weighted by Crippen LogP contribution is -2.45. The van der Waals surface area contributed by atoms with Gasteiger partial charge in [0.05, 0.1) is 5.75 Å². The fraction of sp³-hybridized carbons (Fsp3) is 0.588. The first-order valence-corrected chi connectivity index (χ1v) is 9.79. The SMILES string of the molecule is CCC1CCCCN1C(=O)CS(=O)(=O)Cc1cccc(C)c1. The number of aryl methyl sites for hydroxylation is 1. The minimum atomic E-state index is -3.42. The number of carbonyl (C=O) groups excluding carboxylic acids is 1. The van der Waals surface area contributed by atoms with Crippen molar-refractivity contribution in [1.82, 2.24) is 4.90 Å². The third-order valence-corrected chi connectivity index (χ3v) is 5.69. The fourth-order valence-electron chi connectivity index (χ4n) is 3.13. The second-order valence-corrected chi connectivity index (χ2v) is 8.23. The molecule has 0 aliphatic carbocycles. The zero-order valence-corrected chi connectivity index (χ0v) is 14.2. The molecule has 0 N–H and O–H groups in total. The van der Waals surface area contributed by atoms with E-state index in [1.54, 1.807) is 11.0 Å². The van der Waals surface area contributed by atoms with Crippen molar-refractivity contribution in [2.45, 2.75) is 51.3 Å². The van der Waals surface area contributed by atoms with Gasteiger partial charge < -0.3 is 4.90 Å². The number of likely N-dealkylation sites (tertiary alicyclic amines) is 1. The molecule has 1 heterocycles. The summed E-state index contributed by atoms with van der Waals surface area (Å²) in [5.74, 6) is -0.679. The van der Waals surface area contributed by atoms with Crippen molar-refractivity contribution < 1.29 is 13.2 Å². The Balaban J connectivity index is 2.03. The quantitative estimate of drug-likeness (QED) is 0.837.